The van der Waals surface area contributed by atoms with E-state index in [4.69, 9.17) is 5.11 Å². The highest BCUT2D eigenvalue weighted by atomic mass is 16.4. The van der Waals surface area contributed by atoms with Crippen LogP contribution in [0.1, 0.15) is 33.6 Å². The molecule has 0 aromatic heterocycles. The molecule has 0 rings (SSSR count). The Morgan fingerprint density at radius 1 is 1.33 bits per heavy atom. The summed E-state index contributed by atoms with van der Waals surface area (Å²) < 4.78 is 0. The van der Waals surface area contributed by atoms with Crippen LogP contribution in [0.25, 0.3) is 0 Å². The lowest BCUT2D eigenvalue weighted by Crippen LogP contribution is -2.48. The molecule has 0 aliphatic heterocycles. The minimum Gasteiger partial charge on any atom is -0.480 e. The summed E-state index contributed by atoms with van der Waals surface area (Å²) in [5.41, 5.74) is 0. The van der Waals surface area contributed by atoms with E-state index in [2.05, 4.69) is 10.6 Å². The van der Waals surface area contributed by atoms with Crippen molar-refractivity contribution in [2.24, 2.45) is 5.92 Å². The molecule has 88 valence electrons. The molecule has 0 fully saturated rings. The van der Waals surface area contributed by atoms with Gasteiger partial charge in [-0.3, -0.25) is 0 Å². The third-order valence-electron chi connectivity index (χ3n) is 2.04. The van der Waals surface area contributed by atoms with Crippen molar-refractivity contribution in [2.45, 2.75) is 39.7 Å². The number of carboxylic acids is 1. The molecule has 15 heavy (non-hydrogen) atoms. The van der Waals surface area contributed by atoms with E-state index in [-0.39, 0.29) is 5.92 Å². The second-order valence-corrected chi connectivity index (χ2v) is 3.81. The van der Waals surface area contributed by atoms with Gasteiger partial charge in [0, 0.05) is 6.54 Å². The fraction of sp³-hybridized carbons (Fsp3) is 0.800. The molecule has 0 aromatic rings. The van der Waals surface area contributed by atoms with Crippen LogP contribution in [0, 0.1) is 5.92 Å². The number of aliphatic carboxylic acids is 1. The molecule has 5 heteroatoms. The Bertz CT molecular complexity index is 217. The molecule has 0 saturated heterocycles. The van der Waals surface area contributed by atoms with Crippen molar-refractivity contribution in [1.82, 2.24) is 10.6 Å². The maximum atomic E-state index is 11.3. The first-order chi connectivity index (χ1) is 6.99. The highest BCUT2D eigenvalue weighted by Crippen LogP contribution is 2.01. The Kier molecular flexibility index (Phi) is 6.49. The second-order valence-electron chi connectivity index (χ2n) is 3.81. The zero-order valence-electron chi connectivity index (χ0n) is 9.54. The van der Waals surface area contributed by atoms with E-state index in [1.165, 1.54) is 0 Å². The molecule has 0 heterocycles. The van der Waals surface area contributed by atoms with Crippen molar-refractivity contribution in [3.63, 3.8) is 0 Å². The Hall–Kier alpha value is -1.26. The Morgan fingerprint density at radius 2 is 1.93 bits per heavy atom. The summed E-state index contributed by atoms with van der Waals surface area (Å²) in [6, 6.07) is -1.24. The number of nitrogens with one attached hydrogen (secondary N) is 2. The van der Waals surface area contributed by atoms with Crippen molar-refractivity contribution in [1.29, 1.82) is 0 Å². The topological polar surface area (TPSA) is 78.4 Å². The number of carboxylic acid groups (broad SMARTS) is 1. The van der Waals surface area contributed by atoms with Crippen LogP contribution in [0.2, 0.25) is 0 Å². The van der Waals surface area contributed by atoms with Gasteiger partial charge in [-0.1, -0.05) is 27.2 Å². The van der Waals surface area contributed by atoms with Crippen LogP contribution in [0.3, 0.4) is 0 Å². The van der Waals surface area contributed by atoms with Crippen LogP contribution < -0.4 is 10.6 Å². The van der Waals surface area contributed by atoms with E-state index >= 15 is 0 Å². The van der Waals surface area contributed by atoms with Gasteiger partial charge < -0.3 is 15.7 Å². The maximum Gasteiger partial charge on any atom is 0.326 e. The third-order valence-corrected chi connectivity index (χ3v) is 2.04. The maximum absolute atomic E-state index is 11.3. The minimum absolute atomic E-state index is 0.126. The Labute approximate surface area is 90.2 Å². The smallest absolute Gasteiger partial charge is 0.326 e. The van der Waals surface area contributed by atoms with Gasteiger partial charge in [0.05, 0.1) is 0 Å². The van der Waals surface area contributed by atoms with Gasteiger partial charge in [-0.05, 0) is 12.3 Å². The lowest BCUT2D eigenvalue weighted by atomic mass is 10.1. The van der Waals surface area contributed by atoms with Gasteiger partial charge in [-0.15, -0.1) is 0 Å². The first kappa shape index (κ1) is 13.7. The molecular formula is C10H20N2O3. The van der Waals surface area contributed by atoms with Gasteiger partial charge in [-0.2, -0.15) is 0 Å². The molecular weight excluding hydrogens is 196 g/mol. The average molecular weight is 216 g/mol. The van der Waals surface area contributed by atoms with Crippen LogP contribution in [0.5, 0.6) is 0 Å². The summed E-state index contributed by atoms with van der Waals surface area (Å²) in [7, 11) is 0. The average Bonchev–Trinajstić information content (AvgIpc) is 2.13. The second kappa shape index (κ2) is 7.09. The number of hydrogen-bond acceptors (Lipinski definition) is 2. The number of amides is 2. The van der Waals surface area contributed by atoms with Crippen molar-refractivity contribution < 1.29 is 14.7 Å². The first-order valence-electron chi connectivity index (χ1n) is 5.26. The number of urea groups is 1. The summed E-state index contributed by atoms with van der Waals surface area (Å²) in [6.07, 6.45) is 1.89. The molecule has 0 saturated carbocycles. The van der Waals surface area contributed by atoms with Crippen molar-refractivity contribution in [3.05, 3.63) is 0 Å². The van der Waals surface area contributed by atoms with Crippen LogP contribution in [-0.2, 0) is 4.79 Å². The van der Waals surface area contributed by atoms with E-state index in [9.17, 15) is 9.59 Å². The van der Waals surface area contributed by atoms with E-state index in [1.54, 1.807) is 13.8 Å². The minimum atomic E-state index is -1.00. The highest BCUT2D eigenvalue weighted by molar-refractivity contribution is 5.82. The van der Waals surface area contributed by atoms with Crippen molar-refractivity contribution in [3.8, 4) is 0 Å². The molecule has 2 amide bonds. The Balaban J connectivity index is 3.95. The third kappa shape index (κ3) is 5.93. The van der Waals surface area contributed by atoms with Gasteiger partial charge in [0.2, 0.25) is 0 Å². The monoisotopic (exact) mass is 216 g/mol. The van der Waals surface area contributed by atoms with E-state index in [0.717, 1.165) is 12.8 Å². The van der Waals surface area contributed by atoms with Crippen LogP contribution in [0.4, 0.5) is 4.79 Å². The van der Waals surface area contributed by atoms with Gasteiger partial charge >= 0.3 is 12.0 Å². The molecule has 0 spiro atoms. The van der Waals surface area contributed by atoms with E-state index < -0.39 is 18.0 Å². The number of carbonyl (C=O) groups excluding carboxylic acids is 1. The standard InChI is InChI=1S/C10H20N2O3/c1-4-5-6-11-10(15)12-8(7(2)3)9(13)14/h7-8H,4-6H2,1-3H3,(H,13,14)(H2,11,12,15)/t8-/m1/s1. The Morgan fingerprint density at radius 3 is 2.33 bits per heavy atom. The summed E-state index contributed by atoms with van der Waals surface area (Å²) in [6.45, 7) is 6.11. The molecule has 0 bridgehead atoms. The predicted octanol–water partition coefficient (Wildman–Crippen LogP) is 1.19. The predicted molar refractivity (Wildman–Crippen MR) is 57.7 cm³/mol. The zero-order chi connectivity index (χ0) is 11.8. The number of hydrogen-bond donors (Lipinski definition) is 3. The lowest BCUT2D eigenvalue weighted by molar-refractivity contribution is -0.140. The van der Waals surface area contributed by atoms with Gasteiger partial charge in [0.1, 0.15) is 6.04 Å². The quantitative estimate of drug-likeness (QED) is 0.584. The van der Waals surface area contributed by atoms with E-state index in [0.29, 0.717) is 6.54 Å². The van der Waals surface area contributed by atoms with Gasteiger partial charge in [0.25, 0.3) is 0 Å². The fourth-order valence-corrected chi connectivity index (χ4v) is 1.08. The molecule has 0 aliphatic rings. The summed E-state index contributed by atoms with van der Waals surface area (Å²) in [5.74, 6) is -1.13. The van der Waals surface area contributed by atoms with Gasteiger partial charge in [-0.25, -0.2) is 9.59 Å². The zero-order valence-corrected chi connectivity index (χ0v) is 9.54. The number of carbonyl (C=O) groups is 2. The number of unbranched alkanes of at least 4 members (excludes halogenated alkanes) is 1. The molecule has 0 radical (unpaired) electrons. The number of rotatable bonds is 6. The summed E-state index contributed by atoms with van der Waals surface area (Å²) in [5, 5.41) is 13.9. The normalized spacial score (nSPS) is 12.3. The molecule has 0 unspecified atom stereocenters. The van der Waals surface area contributed by atoms with E-state index in [1.807, 2.05) is 6.92 Å². The lowest BCUT2D eigenvalue weighted by Gasteiger charge is -2.18. The summed E-state index contributed by atoms with van der Waals surface area (Å²) >= 11 is 0. The van der Waals surface area contributed by atoms with Crippen molar-refractivity contribution >= 4 is 12.0 Å². The molecule has 5 nitrogen and oxygen atoms in total. The fourth-order valence-electron chi connectivity index (χ4n) is 1.08. The largest absolute Gasteiger partial charge is 0.480 e. The molecule has 0 aromatic carbocycles. The molecule has 0 aliphatic carbocycles. The van der Waals surface area contributed by atoms with Gasteiger partial charge in [0.15, 0.2) is 0 Å². The molecule has 3 N–H and O–H groups in total. The van der Waals surface area contributed by atoms with Crippen LogP contribution >= 0.6 is 0 Å². The summed E-state index contributed by atoms with van der Waals surface area (Å²) in [4.78, 5) is 22.0. The van der Waals surface area contributed by atoms with Crippen LogP contribution in [0.15, 0.2) is 0 Å². The van der Waals surface area contributed by atoms with Crippen molar-refractivity contribution in [2.75, 3.05) is 6.54 Å². The SMILES string of the molecule is CCCCNC(=O)N[C@@H](C(=O)O)C(C)C. The van der Waals surface area contributed by atoms with Crippen LogP contribution in [-0.4, -0.2) is 29.7 Å². The highest BCUT2D eigenvalue weighted by Gasteiger charge is 2.22. The molecule has 1 atom stereocenters. The first-order valence-corrected chi connectivity index (χ1v) is 5.26.